The Morgan fingerprint density at radius 2 is 1.84 bits per heavy atom. The van der Waals surface area contributed by atoms with Crippen LogP contribution in [0.5, 0.6) is 0 Å². The molecule has 0 aliphatic heterocycles. The molecule has 0 unspecified atom stereocenters. The van der Waals surface area contributed by atoms with Crippen molar-refractivity contribution in [3.8, 4) is 11.4 Å². The summed E-state index contributed by atoms with van der Waals surface area (Å²) >= 11 is 5.77. The Hall–Kier alpha value is -3.39. The molecule has 1 amide bonds. The molecule has 4 aromatic rings. The number of hydrogen-bond acceptors (Lipinski definition) is 3. The van der Waals surface area contributed by atoms with Crippen molar-refractivity contribution in [1.29, 1.82) is 0 Å². The Bertz CT molecular complexity index is 1290. The number of carbonyl (C=O) groups excluding carboxylic acids is 1. The second kappa shape index (κ2) is 7.70. The smallest absolute Gasteiger partial charge is 0.338 e. The number of rotatable bonds is 3. The van der Waals surface area contributed by atoms with Crippen molar-refractivity contribution < 1.29 is 18.0 Å². The van der Waals surface area contributed by atoms with E-state index in [0.29, 0.717) is 11.3 Å². The molecule has 4 rings (SSSR count). The number of anilines is 1. The number of alkyl halides is 3. The van der Waals surface area contributed by atoms with Crippen LogP contribution in [-0.2, 0) is 6.18 Å². The van der Waals surface area contributed by atoms with E-state index in [0.717, 1.165) is 17.3 Å². The number of fused-ring (bicyclic) bond motifs is 1. The average Bonchev–Trinajstić information content (AvgIpc) is 3.10. The van der Waals surface area contributed by atoms with Gasteiger partial charge >= 0.3 is 6.18 Å². The summed E-state index contributed by atoms with van der Waals surface area (Å²) in [5.74, 6) is -0.0932. The van der Waals surface area contributed by atoms with Gasteiger partial charge < -0.3 is 10.3 Å². The van der Waals surface area contributed by atoms with E-state index in [4.69, 9.17) is 11.6 Å². The van der Waals surface area contributed by atoms with Crippen molar-refractivity contribution in [3.05, 3.63) is 75.9 Å². The molecule has 0 radical (unpaired) electrons. The van der Waals surface area contributed by atoms with Crippen LogP contribution in [0.25, 0.3) is 22.4 Å². The first-order valence-electron chi connectivity index (χ1n) is 9.24. The third kappa shape index (κ3) is 4.25. The maximum absolute atomic E-state index is 13.5. The highest BCUT2D eigenvalue weighted by molar-refractivity contribution is 6.30. The topological polar surface area (TPSA) is 70.7 Å². The molecule has 0 spiro atoms. The molecular weight excluding hydrogens is 429 g/mol. The molecule has 0 saturated heterocycles. The summed E-state index contributed by atoms with van der Waals surface area (Å²) in [7, 11) is 0. The maximum atomic E-state index is 13.5. The van der Waals surface area contributed by atoms with Gasteiger partial charge in [0.05, 0.1) is 16.6 Å². The van der Waals surface area contributed by atoms with Gasteiger partial charge in [0.1, 0.15) is 17.2 Å². The minimum atomic E-state index is -4.62. The van der Waals surface area contributed by atoms with Gasteiger partial charge in [0, 0.05) is 16.3 Å². The number of aromatic amines is 1. The number of imidazole rings is 1. The predicted molar refractivity (Wildman–Crippen MR) is 113 cm³/mol. The molecule has 0 bridgehead atoms. The van der Waals surface area contributed by atoms with Crippen LogP contribution in [0.4, 0.5) is 19.0 Å². The molecule has 2 heterocycles. The molecule has 0 aliphatic carbocycles. The number of para-hydroxylation sites is 1. The van der Waals surface area contributed by atoms with Crippen LogP contribution < -0.4 is 5.32 Å². The van der Waals surface area contributed by atoms with E-state index in [9.17, 15) is 18.0 Å². The van der Waals surface area contributed by atoms with Crippen LogP contribution in [0.2, 0.25) is 5.02 Å². The van der Waals surface area contributed by atoms with Crippen LogP contribution in [-0.4, -0.2) is 20.9 Å². The van der Waals surface area contributed by atoms with Crippen LogP contribution in [0.15, 0.2) is 48.5 Å². The first-order valence-corrected chi connectivity index (χ1v) is 9.62. The second-order valence-corrected chi connectivity index (χ2v) is 7.54. The highest BCUT2D eigenvalue weighted by Gasteiger charge is 2.34. The van der Waals surface area contributed by atoms with Crippen molar-refractivity contribution in [1.82, 2.24) is 15.0 Å². The van der Waals surface area contributed by atoms with Gasteiger partial charge in [-0.2, -0.15) is 13.2 Å². The van der Waals surface area contributed by atoms with Crippen LogP contribution >= 0.6 is 11.6 Å². The third-order valence-corrected chi connectivity index (χ3v) is 4.87. The third-order valence-electron chi connectivity index (χ3n) is 4.64. The van der Waals surface area contributed by atoms with Gasteiger partial charge in [0.25, 0.3) is 5.91 Å². The standard InChI is InChI=1S/C22H16ClF3N4O/c1-11-8-12(2)27-18(9-11)29-21(31)15-4-3-5-17-19(15)30-20(28-17)14-7-6-13(23)10-16(14)22(24,25)26/h3-10H,1-2H3,(H,28,30)(H,27,29,31). The summed E-state index contributed by atoms with van der Waals surface area (Å²) in [6, 6.07) is 11.9. The Balaban J connectivity index is 1.77. The number of nitrogens with one attached hydrogen (secondary N) is 2. The fourth-order valence-electron chi connectivity index (χ4n) is 3.39. The van der Waals surface area contributed by atoms with Gasteiger partial charge in [-0.05, 0) is 61.9 Å². The summed E-state index contributed by atoms with van der Waals surface area (Å²) in [6.45, 7) is 3.70. The van der Waals surface area contributed by atoms with Gasteiger partial charge in [-0.15, -0.1) is 0 Å². The molecular formula is C22H16ClF3N4O. The summed E-state index contributed by atoms with van der Waals surface area (Å²) in [4.78, 5) is 24.3. The zero-order chi connectivity index (χ0) is 22.3. The predicted octanol–water partition coefficient (Wildman–Crippen LogP) is 6.17. The Labute approximate surface area is 180 Å². The minimum absolute atomic E-state index is 0.0104. The van der Waals surface area contributed by atoms with Gasteiger partial charge in [-0.25, -0.2) is 9.97 Å². The number of pyridine rings is 1. The molecule has 5 nitrogen and oxygen atoms in total. The summed E-state index contributed by atoms with van der Waals surface area (Å²) in [5.41, 5.74) is 1.51. The number of nitrogens with zero attached hydrogens (tertiary/aromatic N) is 2. The van der Waals surface area contributed by atoms with Crippen molar-refractivity contribution in [2.45, 2.75) is 20.0 Å². The molecule has 0 atom stereocenters. The Kier molecular flexibility index (Phi) is 5.18. The lowest BCUT2D eigenvalue weighted by molar-refractivity contribution is -0.137. The Morgan fingerprint density at radius 3 is 2.55 bits per heavy atom. The number of amides is 1. The van der Waals surface area contributed by atoms with E-state index >= 15 is 0 Å². The lowest BCUT2D eigenvalue weighted by Crippen LogP contribution is -2.14. The van der Waals surface area contributed by atoms with Crippen LogP contribution in [0.1, 0.15) is 27.2 Å². The average molecular weight is 445 g/mol. The number of H-pyrrole nitrogens is 1. The minimum Gasteiger partial charge on any atom is -0.338 e. The molecule has 2 N–H and O–H groups in total. The summed E-state index contributed by atoms with van der Waals surface area (Å²) < 4.78 is 40.5. The summed E-state index contributed by atoms with van der Waals surface area (Å²) in [6.07, 6.45) is -4.62. The van der Waals surface area contributed by atoms with Gasteiger partial charge in [-0.1, -0.05) is 17.7 Å². The van der Waals surface area contributed by atoms with E-state index < -0.39 is 17.6 Å². The van der Waals surface area contributed by atoms with Gasteiger partial charge in [0.15, 0.2) is 0 Å². The second-order valence-electron chi connectivity index (χ2n) is 7.10. The SMILES string of the molecule is Cc1cc(C)nc(NC(=O)c2cccc3[nH]c(-c4ccc(Cl)cc4C(F)(F)F)nc23)c1. The highest BCUT2D eigenvalue weighted by Crippen LogP contribution is 2.38. The van der Waals surface area contributed by atoms with Crippen LogP contribution in [0, 0.1) is 13.8 Å². The highest BCUT2D eigenvalue weighted by atomic mass is 35.5. The molecule has 0 fully saturated rings. The molecule has 0 saturated carbocycles. The number of benzene rings is 2. The van der Waals surface area contributed by atoms with E-state index in [1.807, 2.05) is 19.9 Å². The number of aryl methyl sites for hydroxylation is 2. The van der Waals surface area contributed by atoms with E-state index in [-0.39, 0.29) is 27.5 Å². The van der Waals surface area contributed by atoms with E-state index in [2.05, 4.69) is 20.3 Å². The number of halogens is 4. The van der Waals surface area contributed by atoms with E-state index in [1.165, 1.54) is 12.1 Å². The fraction of sp³-hybridized carbons (Fsp3) is 0.136. The number of aromatic nitrogens is 3. The van der Waals surface area contributed by atoms with E-state index in [1.54, 1.807) is 24.3 Å². The lowest BCUT2D eigenvalue weighted by atomic mass is 10.1. The van der Waals surface area contributed by atoms with Gasteiger partial charge in [-0.3, -0.25) is 4.79 Å². The quantitative estimate of drug-likeness (QED) is 0.397. The molecule has 158 valence electrons. The zero-order valence-corrected chi connectivity index (χ0v) is 17.2. The normalized spacial score (nSPS) is 11.7. The lowest BCUT2D eigenvalue weighted by Gasteiger charge is -2.11. The number of carbonyl (C=O) groups is 1. The zero-order valence-electron chi connectivity index (χ0n) is 16.4. The van der Waals surface area contributed by atoms with Crippen molar-refractivity contribution in [2.24, 2.45) is 0 Å². The fourth-order valence-corrected chi connectivity index (χ4v) is 3.56. The maximum Gasteiger partial charge on any atom is 0.417 e. The molecule has 2 aromatic carbocycles. The van der Waals surface area contributed by atoms with Crippen LogP contribution in [0.3, 0.4) is 0 Å². The largest absolute Gasteiger partial charge is 0.417 e. The molecule has 31 heavy (non-hydrogen) atoms. The van der Waals surface area contributed by atoms with Crippen molar-refractivity contribution in [2.75, 3.05) is 5.32 Å². The monoisotopic (exact) mass is 444 g/mol. The molecule has 9 heteroatoms. The number of hydrogen-bond donors (Lipinski definition) is 2. The Morgan fingerprint density at radius 1 is 1.06 bits per heavy atom. The molecule has 2 aromatic heterocycles. The van der Waals surface area contributed by atoms with Gasteiger partial charge in [0.2, 0.25) is 0 Å². The molecule has 0 aliphatic rings. The van der Waals surface area contributed by atoms with Crippen molar-refractivity contribution in [3.63, 3.8) is 0 Å². The summed E-state index contributed by atoms with van der Waals surface area (Å²) in [5, 5.41) is 2.69. The van der Waals surface area contributed by atoms with Crippen molar-refractivity contribution >= 4 is 34.4 Å². The first-order chi connectivity index (χ1) is 14.6. The first kappa shape index (κ1) is 20.9.